The van der Waals surface area contributed by atoms with E-state index in [0.717, 1.165) is 0 Å². The van der Waals surface area contributed by atoms with Crippen LogP contribution in [-0.2, 0) is 6.18 Å². The van der Waals surface area contributed by atoms with Crippen molar-refractivity contribution in [3.8, 4) is 0 Å². The molecule has 0 saturated heterocycles. The molecule has 16 heavy (non-hydrogen) atoms. The summed E-state index contributed by atoms with van der Waals surface area (Å²) in [5.74, 6) is -2.49. The first kappa shape index (κ1) is 10.5. The topological polar surface area (TPSA) is 50.4 Å². The number of rotatable bonds is 1. The van der Waals surface area contributed by atoms with Crippen molar-refractivity contribution in [3.05, 3.63) is 35.6 Å². The van der Waals surface area contributed by atoms with Gasteiger partial charge >= 0.3 is 12.1 Å². The van der Waals surface area contributed by atoms with Crippen molar-refractivity contribution in [3.63, 3.8) is 0 Å². The van der Waals surface area contributed by atoms with Gasteiger partial charge in [0, 0.05) is 5.39 Å². The maximum absolute atomic E-state index is 12.3. The van der Waals surface area contributed by atoms with Gasteiger partial charge in [-0.05, 0) is 18.2 Å². The zero-order chi connectivity index (χ0) is 11.9. The molecule has 1 aromatic carbocycles. The Labute approximate surface area is 87.1 Å². The van der Waals surface area contributed by atoms with Gasteiger partial charge in [0.25, 0.3) is 0 Å². The number of alkyl halides is 3. The Bertz CT molecular complexity index is 554. The van der Waals surface area contributed by atoms with Gasteiger partial charge < -0.3 is 9.52 Å². The molecule has 3 nitrogen and oxygen atoms in total. The maximum Gasteiger partial charge on any atom is 0.449 e. The Morgan fingerprint density at radius 2 is 2.00 bits per heavy atom. The third-order valence-corrected chi connectivity index (χ3v) is 2.07. The van der Waals surface area contributed by atoms with E-state index in [2.05, 4.69) is 4.42 Å². The first-order valence-corrected chi connectivity index (χ1v) is 4.22. The first-order chi connectivity index (χ1) is 7.39. The standard InChI is InChI=1S/C10H5F3O3/c11-10(12,13)8-4-6-5(9(14)15)2-1-3-7(6)16-8/h1-4H,(H,14,15). The highest BCUT2D eigenvalue weighted by atomic mass is 19.4. The quantitative estimate of drug-likeness (QED) is 0.818. The Morgan fingerprint density at radius 1 is 1.31 bits per heavy atom. The van der Waals surface area contributed by atoms with Crippen molar-refractivity contribution in [2.24, 2.45) is 0 Å². The molecule has 0 radical (unpaired) electrons. The number of fused-ring (bicyclic) bond motifs is 1. The van der Waals surface area contributed by atoms with Gasteiger partial charge in [-0.3, -0.25) is 0 Å². The van der Waals surface area contributed by atoms with E-state index in [9.17, 15) is 18.0 Å². The number of aromatic carboxylic acids is 1. The van der Waals surface area contributed by atoms with E-state index in [1.54, 1.807) is 0 Å². The van der Waals surface area contributed by atoms with Crippen LogP contribution in [0.25, 0.3) is 11.0 Å². The highest BCUT2D eigenvalue weighted by Gasteiger charge is 2.35. The molecule has 2 rings (SSSR count). The molecule has 0 aliphatic carbocycles. The van der Waals surface area contributed by atoms with Gasteiger partial charge in [-0.15, -0.1) is 0 Å². The van der Waals surface area contributed by atoms with E-state index in [0.29, 0.717) is 6.07 Å². The SMILES string of the molecule is O=C(O)c1cccc2oc(C(F)(F)F)cc12. The summed E-state index contributed by atoms with van der Waals surface area (Å²) in [6.45, 7) is 0. The molecule has 0 spiro atoms. The molecule has 0 aliphatic heterocycles. The monoisotopic (exact) mass is 230 g/mol. The van der Waals surface area contributed by atoms with Crippen molar-refractivity contribution < 1.29 is 27.5 Å². The summed E-state index contributed by atoms with van der Waals surface area (Å²) in [7, 11) is 0. The highest BCUT2D eigenvalue weighted by molar-refractivity contribution is 6.02. The summed E-state index contributed by atoms with van der Waals surface area (Å²) in [4.78, 5) is 10.8. The molecule has 0 amide bonds. The molecule has 6 heteroatoms. The predicted molar refractivity (Wildman–Crippen MR) is 48.2 cm³/mol. The second-order valence-electron chi connectivity index (χ2n) is 3.13. The molecule has 84 valence electrons. The molecular formula is C10H5F3O3. The number of furan rings is 1. The fourth-order valence-corrected chi connectivity index (χ4v) is 1.39. The van der Waals surface area contributed by atoms with Crippen LogP contribution in [0.15, 0.2) is 28.7 Å². The lowest BCUT2D eigenvalue weighted by Gasteiger charge is -1.98. The zero-order valence-electron chi connectivity index (χ0n) is 7.71. The Kier molecular flexibility index (Phi) is 2.15. The Morgan fingerprint density at radius 3 is 2.56 bits per heavy atom. The molecule has 1 aromatic heterocycles. The first-order valence-electron chi connectivity index (χ1n) is 4.22. The summed E-state index contributed by atoms with van der Waals surface area (Å²) in [6.07, 6.45) is -4.62. The summed E-state index contributed by atoms with van der Waals surface area (Å²) in [5, 5.41) is 8.72. The maximum atomic E-state index is 12.3. The second-order valence-corrected chi connectivity index (χ2v) is 3.13. The molecule has 0 fully saturated rings. The summed E-state index contributed by atoms with van der Waals surface area (Å²) < 4.78 is 41.5. The Hall–Kier alpha value is -1.98. The van der Waals surface area contributed by atoms with Crippen LogP contribution in [0.1, 0.15) is 16.1 Å². The summed E-state index contributed by atoms with van der Waals surface area (Å²) in [5.41, 5.74) is -0.302. The van der Waals surface area contributed by atoms with Crippen LogP contribution in [0.2, 0.25) is 0 Å². The fraction of sp³-hybridized carbons (Fsp3) is 0.100. The lowest BCUT2D eigenvalue weighted by molar-refractivity contribution is -0.152. The van der Waals surface area contributed by atoms with Crippen LogP contribution in [0.3, 0.4) is 0 Å². The minimum Gasteiger partial charge on any atom is -0.478 e. The van der Waals surface area contributed by atoms with Gasteiger partial charge in [0.15, 0.2) is 0 Å². The third-order valence-electron chi connectivity index (χ3n) is 2.07. The average molecular weight is 230 g/mol. The van der Waals surface area contributed by atoms with Crippen molar-refractivity contribution in [1.29, 1.82) is 0 Å². The normalized spacial score (nSPS) is 11.9. The molecule has 0 bridgehead atoms. The smallest absolute Gasteiger partial charge is 0.449 e. The van der Waals surface area contributed by atoms with Crippen molar-refractivity contribution in [2.75, 3.05) is 0 Å². The van der Waals surface area contributed by atoms with E-state index >= 15 is 0 Å². The molecule has 0 unspecified atom stereocenters. The van der Waals surface area contributed by atoms with E-state index in [-0.39, 0.29) is 16.5 Å². The van der Waals surface area contributed by atoms with E-state index in [4.69, 9.17) is 5.11 Å². The summed E-state index contributed by atoms with van der Waals surface area (Å²) >= 11 is 0. The van der Waals surface area contributed by atoms with E-state index < -0.39 is 17.9 Å². The van der Waals surface area contributed by atoms with Gasteiger partial charge in [-0.1, -0.05) is 6.07 Å². The van der Waals surface area contributed by atoms with Crippen LogP contribution in [-0.4, -0.2) is 11.1 Å². The summed E-state index contributed by atoms with van der Waals surface area (Å²) in [6, 6.07) is 4.53. The predicted octanol–water partition coefficient (Wildman–Crippen LogP) is 3.15. The number of hydrogen-bond acceptors (Lipinski definition) is 2. The second kappa shape index (κ2) is 3.26. The van der Waals surface area contributed by atoms with Gasteiger partial charge in [-0.2, -0.15) is 13.2 Å². The number of carboxylic acids is 1. The van der Waals surface area contributed by atoms with Crippen LogP contribution < -0.4 is 0 Å². The molecule has 0 saturated carbocycles. The molecular weight excluding hydrogens is 225 g/mol. The van der Waals surface area contributed by atoms with Gasteiger partial charge in [0.05, 0.1) is 5.56 Å². The van der Waals surface area contributed by atoms with Crippen LogP contribution in [0, 0.1) is 0 Å². The van der Waals surface area contributed by atoms with Crippen molar-refractivity contribution >= 4 is 16.9 Å². The fourth-order valence-electron chi connectivity index (χ4n) is 1.39. The largest absolute Gasteiger partial charge is 0.478 e. The minimum absolute atomic E-state index is 0.0534. The number of carbonyl (C=O) groups is 1. The molecule has 1 N–H and O–H groups in total. The number of hydrogen-bond donors (Lipinski definition) is 1. The lowest BCUT2D eigenvalue weighted by Crippen LogP contribution is -2.02. The van der Waals surface area contributed by atoms with Crippen LogP contribution in [0.5, 0.6) is 0 Å². The van der Waals surface area contributed by atoms with Gasteiger partial charge in [0.2, 0.25) is 5.76 Å². The molecule has 0 aliphatic rings. The van der Waals surface area contributed by atoms with Crippen molar-refractivity contribution in [1.82, 2.24) is 0 Å². The van der Waals surface area contributed by atoms with Crippen LogP contribution >= 0.6 is 0 Å². The van der Waals surface area contributed by atoms with E-state index in [1.165, 1.54) is 18.2 Å². The molecule has 0 atom stereocenters. The molecule has 2 aromatic rings. The van der Waals surface area contributed by atoms with E-state index in [1.807, 2.05) is 0 Å². The van der Waals surface area contributed by atoms with Gasteiger partial charge in [-0.25, -0.2) is 4.79 Å². The average Bonchev–Trinajstić information content (AvgIpc) is 2.59. The third kappa shape index (κ3) is 1.62. The number of carboxylic acid groups (broad SMARTS) is 1. The van der Waals surface area contributed by atoms with Gasteiger partial charge in [0.1, 0.15) is 5.58 Å². The Balaban J connectivity index is 2.71. The van der Waals surface area contributed by atoms with Crippen LogP contribution in [0.4, 0.5) is 13.2 Å². The minimum atomic E-state index is -4.62. The van der Waals surface area contributed by atoms with Crippen molar-refractivity contribution in [2.45, 2.75) is 6.18 Å². The molecule has 1 heterocycles. The number of halogens is 3. The zero-order valence-corrected chi connectivity index (χ0v) is 7.71. The lowest BCUT2D eigenvalue weighted by atomic mass is 10.1. The number of benzene rings is 1. The highest BCUT2D eigenvalue weighted by Crippen LogP contribution is 2.34.